The van der Waals surface area contributed by atoms with E-state index in [9.17, 15) is 14.7 Å². The van der Waals surface area contributed by atoms with Crippen LogP contribution in [-0.4, -0.2) is 66.0 Å². The number of likely N-dealkylation sites (N-methyl/N-ethyl adjacent to an activating group) is 1. The highest BCUT2D eigenvalue weighted by molar-refractivity contribution is 6.46. The predicted molar refractivity (Wildman–Crippen MR) is 146 cm³/mol. The average molecular weight is 509 g/mol. The Hall–Kier alpha value is -3.32. The van der Waals surface area contributed by atoms with Gasteiger partial charge in [-0.3, -0.25) is 9.59 Å². The first-order valence-corrected chi connectivity index (χ1v) is 13.3. The molecule has 2 aromatic rings. The van der Waals surface area contributed by atoms with Crippen LogP contribution >= 0.6 is 0 Å². The van der Waals surface area contributed by atoms with E-state index >= 15 is 0 Å². The van der Waals surface area contributed by atoms with E-state index in [4.69, 9.17) is 9.47 Å². The molecule has 1 heterocycles. The zero-order valence-electron chi connectivity index (χ0n) is 22.8. The van der Waals surface area contributed by atoms with Crippen molar-refractivity contribution in [2.45, 2.75) is 53.5 Å². The Kier molecular flexibility index (Phi) is 10.1. The fourth-order valence-electron chi connectivity index (χ4n) is 4.63. The maximum absolute atomic E-state index is 13.3. The fourth-order valence-corrected chi connectivity index (χ4v) is 4.63. The highest BCUT2D eigenvalue weighted by Crippen LogP contribution is 2.40. The van der Waals surface area contributed by atoms with E-state index in [0.717, 1.165) is 42.8 Å². The number of Topliss-reactive ketones (excluding diaryl/α,β-unsaturated/α-hetero) is 1. The van der Waals surface area contributed by atoms with Crippen LogP contribution in [0.15, 0.2) is 48.0 Å². The van der Waals surface area contributed by atoms with Crippen molar-refractivity contribution in [2.24, 2.45) is 0 Å². The number of likely N-dealkylation sites (tertiary alicyclic amines) is 1. The summed E-state index contributed by atoms with van der Waals surface area (Å²) >= 11 is 0. The number of carbonyl (C=O) groups is 2. The van der Waals surface area contributed by atoms with Gasteiger partial charge in [0, 0.05) is 18.7 Å². The van der Waals surface area contributed by atoms with E-state index in [-0.39, 0.29) is 11.3 Å². The summed E-state index contributed by atoms with van der Waals surface area (Å²) in [6, 6.07) is 12.1. The number of carbonyl (C=O) groups excluding carboxylic acids is 2. The summed E-state index contributed by atoms with van der Waals surface area (Å²) in [7, 11) is 0. The Morgan fingerprint density at radius 3 is 2.24 bits per heavy atom. The number of rotatable bonds is 13. The van der Waals surface area contributed by atoms with Gasteiger partial charge in [0.1, 0.15) is 17.3 Å². The summed E-state index contributed by atoms with van der Waals surface area (Å²) < 4.78 is 11.4. The standard InChI is InChI=1S/C30H40N2O5/c1-6-10-19-37-23-13-11-22(12-14-23)27-26(28(33)25-16-15-24(36-9-4)20-21(25)5)29(34)30(35)32(27)18-17-31(7-2)8-3/h11-16,20,27,33H,6-10,17-19H2,1-5H3/b28-26+. The minimum absolute atomic E-state index is 0.108. The van der Waals surface area contributed by atoms with Crippen molar-refractivity contribution in [2.75, 3.05) is 39.4 Å². The summed E-state index contributed by atoms with van der Waals surface area (Å²) in [5.74, 6) is -0.00670. The lowest BCUT2D eigenvalue weighted by Gasteiger charge is -2.28. The highest BCUT2D eigenvalue weighted by Gasteiger charge is 2.46. The second-order valence-corrected chi connectivity index (χ2v) is 9.20. The van der Waals surface area contributed by atoms with Gasteiger partial charge in [-0.1, -0.05) is 39.3 Å². The van der Waals surface area contributed by atoms with Crippen LogP contribution in [0, 0.1) is 6.92 Å². The molecule has 7 nitrogen and oxygen atoms in total. The van der Waals surface area contributed by atoms with Crippen LogP contribution in [0.5, 0.6) is 11.5 Å². The molecule has 1 amide bonds. The summed E-state index contributed by atoms with van der Waals surface area (Å²) in [6.07, 6.45) is 2.01. The number of aryl methyl sites for hydroxylation is 1. The second kappa shape index (κ2) is 13.3. The van der Waals surface area contributed by atoms with Crippen molar-refractivity contribution in [1.29, 1.82) is 0 Å². The molecule has 1 fully saturated rings. The van der Waals surface area contributed by atoms with E-state index in [2.05, 4.69) is 25.7 Å². The van der Waals surface area contributed by atoms with E-state index in [1.807, 2.05) is 44.2 Å². The predicted octanol–water partition coefficient (Wildman–Crippen LogP) is 5.34. The van der Waals surface area contributed by atoms with Gasteiger partial charge in [-0.15, -0.1) is 0 Å². The Bertz CT molecular complexity index is 1110. The third-order valence-corrected chi connectivity index (χ3v) is 6.82. The summed E-state index contributed by atoms with van der Waals surface area (Å²) in [6.45, 7) is 13.9. The molecule has 0 saturated carbocycles. The lowest BCUT2D eigenvalue weighted by atomic mass is 9.94. The van der Waals surface area contributed by atoms with Crippen LogP contribution in [0.3, 0.4) is 0 Å². The number of amides is 1. The topological polar surface area (TPSA) is 79.3 Å². The third-order valence-electron chi connectivity index (χ3n) is 6.82. The molecule has 1 N–H and O–H groups in total. The average Bonchev–Trinajstić information content (AvgIpc) is 3.15. The maximum Gasteiger partial charge on any atom is 0.295 e. The van der Waals surface area contributed by atoms with Gasteiger partial charge in [-0.25, -0.2) is 0 Å². The SMILES string of the molecule is CCCCOc1ccc(C2/C(=C(\O)c3ccc(OCC)cc3C)C(=O)C(=O)N2CCN(CC)CC)cc1. The van der Waals surface area contributed by atoms with Gasteiger partial charge < -0.3 is 24.4 Å². The van der Waals surface area contributed by atoms with Gasteiger partial charge in [-0.05, 0) is 74.8 Å². The number of aliphatic hydroxyl groups excluding tert-OH is 1. The van der Waals surface area contributed by atoms with E-state index in [1.165, 1.54) is 0 Å². The fraction of sp³-hybridized carbons (Fsp3) is 0.467. The van der Waals surface area contributed by atoms with Gasteiger partial charge in [0.05, 0.1) is 24.8 Å². The molecule has 200 valence electrons. The van der Waals surface area contributed by atoms with Crippen LogP contribution in [0.2, 0.25) is 0 Å². The van der Waals surface area contributed by atoms with Gasteiger partial charge in [-0.2, -0.15) is 0 Å². The lowest BCUT2D eigenvalue weighted by molar-refractivity contribution is -0.140. The lowest BCUT2D eigenvalue weighted by Crippen LogP contribution is -2.38. The summed E-state index contributed by atoms with van der Waals surface area (Å²) in [5, 5.41) is 11.4. The smallest absolute Gasteiger partial charge is 0.295 e. The van der Waals surface area contributed by atoms with E-state index in [1.54, 1.807) is 17.0 Å². The van der Waals surface area contributed by atoms with Crippen molar-refractivity contribution in [3.05, 3.63) is 64.7 Å². The number of aliphatic hydroxyl groups is 1. The molecular weight excluding hydrogens is 468 g/mol. The second-order valence-electron chi connectivity index (χ2n) is 9.20. The highest BCUT2D eigenvalue weighted by atomic mass is 16.5. The zero-order valence-corrected chi connectivity index (χ0v) is 22.8. The number of hydrogen-bond acceptors (Lipinski definition) is 6. The van der Waals surface area contributed by atoms with Crippen LogP contribution in [0.25, 0.3) is 5.76 Å². The van der Waals surface area contributed by atoms with Crippen LogP contribution in [0.1, 0.15) is 63.3 Å². The van der Waals surface area contributed by atoms with Gasteiger partial charge in [0.2, 0.25) is 0 Å². The molecule has 2 aromatic carbocycles. The largest absolute Gasteiger partial charge is 0.507 e. The number of ketones is 1. The molecule has 0 spiro atoms. The molecule has 37 heavy (non-hydrogen) atoms. The van der Waals surface area contributed by atoms with Crippen molar-refractivity contribution >= 4 is 17.4 Å². The number of ether oxygens (including phenoxy) is 2. The third kappa shape index (κ3) is 6.52. The zero-order chi connectivity index (χ0) is 26.9. The van der Waals surface area contributed by atoms with Gasteiger partial charge in [0.25, 0.3) is 11.7 Å². The molecule has 7 heteroatoms. The first kappa shape index (κ1) is 28.3. The molecule has 1 saturated heterocycles. The Balaban J connectivity index is 2.05. The summed E-state index contributed by atoms with van der Waals surface area (Å²) in [4.78, 5) is 30.4. The number of nitrogens with zero attached hydrogens (tertiary/aromatic N) is 2. The molecule has 1 aliphatic heterocycles. The number of unbranched alkanes of at least 4 members (excludes halogenated alkanes) is 1. The summed E-state index contributed by atoms with van der Waals surface area (Å²) in [5.41, 5.74) is 2.13. The van der Waals surface area contributed by atoms with Crippen molar-refractivity contribution in [3.8, 4) is 11.5 Å². The molecule has 0 aromatic heterocycles. The maximum atomic E-state index is 13.3. The number of benzene rings is 2. The molecular formula is C30H40N2O5. The quantitative estimate of drug-likeness (QED) is 0.170. The molecule has 0 bridgehead atoms. The van der Waals surface area contributed by atoms with Gasteiger partial charge >= 0.3 is 0 Å². The van der Waals surface area contributed by atoms with Crippen molar-refractivity contribution in [1.82, 2.24) is 9.80 Å². The first-order valence-electron chi connectivity index (χ1n) is 13.3. The molecule has 0 radical (unpaired) electrons. The van der Waals surface area contributed by atoms with Crippen molar-refractivity contribution in [3.63, 3.8) is 0 Å². The van der Waals surface area contributed by atoms with Crippen LogP contribution < -0.4 is 9.47 Å². The Morgan fingerprint density at radius 2 is 1.65 bits per heavy atom. The Labute approximate surface area is 220 Å². The van der Waals surface area contributed by atoms with E-state index < -0.39 is 17.7 Å². The monoisotopic (exact) mass is 508 g/mol. The van der Waals surface area contributed by atoms with Gasteiger partial charge in [0.15, 0.2) is 0 Å². The first-order chi connectivity index (χ1) is 17.9. The molecule has 1 unspecified atom stereocenters. The molecule has 1 atom stereocenters. The minimum Gasteiger partial charge on any atom is -0.507 e. The molecule has 3 rings (SSSR count). The molecule has 1 aliphatic rings. The van der Waals surface area contributed by atoms with Crippen molar-refractivity contribution < 1.29 is 24.2 Å². The van der Waals surface area contributed by atoms with Crippen LogP contribution in [0.4, 0.5) is 0 Å². The van der Waals surface area contributed by atoms with Crippen LogP contribution in [-0.2, 0) is 9.59 Å². The Morgan fingerprint density at radius 1 is 0.973 bits per heavy atom. The minimum atomic E-state index is -0.689. The van der Waals surface area contributed by atoms with E-state index in [0.29, 0.717) is 37.6 Å². The molecule has 0 aliphatic carbocycles. The normalized spacial score (nSPS) is 17.0. The number of hydrogen-bond donors (Lipinski definition) is 1.